The predicted octanol–water partition coefficient (Wildman–Crippen LogP) is 3.82. The van der Waals surface area contributed by atoms with Crippen molar-refractivity contribution in [2.24, 2.45) is 5.73 Å². The highest BCUT2D eigenvalue weighted by Crippen LogP contribution is 2.24. The van der Waals surface area contributed by atoms with Crippen LogP contribution in [-0.4, -0.2) is 6.61 Å². The van der Waals surface area contributed by atoms with Crippen molar-refractivity contribution in [3.05, 3.63) is 65.9 Å². The molecule has 3 nitrogen and oxygen atoms in total. The second-order valence-electron chi connectivity index (χ2n) is 4.87. The second kappa shape index (κ2) is 5.39. The Morgan fingerprint density at radius 1 is 1.10 bits per heavy atom. The van der Waals surface area contributed by atoms with E-state index in [9.17, 15) is 0 Å². The fourth-order valence-corrected chi connectivity index (χ4v) is 2.17. The van der Waals surface area contributed by atoms with E-state index in [2.05, 4.69) is 0 Å². The van der Waals surface area contributed by atoms with Gasteiger partial charge in [0.25, 0.3) is 0 Å². The van der Waals surface area contributed by atoms with Gasteiger partial charge in [0.1, 0.15) is 23.7 Å². The largest absolute Gasteiger partial charge is 0.491 e. The Hall–Kier alpha value is -2.26. The molecule has 0 radical (unpaired) electrons. The summed E-state index contributed by atoms with van der Waals surface area (Å²) in [6.07, 6.45) is 0. The van der Waals surface area contributed by atoms with Gasteiger partial charge in [-0.1, -0.05) is 36.4 Å². The number of ether oxygens (including phenoxy) is 1. The van der Waals surface area contributed by atoms with Gasteiger partial charge >= 0.3 is 0 Å². The van der Waals surface area contributed by atoms with Crippen molar-refractivity contribution in [2.45, 2.75) is 13.0 Å². The van der Waals surface area contributed by atoms with Crippen LogP contribution in [0.3, 0.4) is 0 Å². The van der Waals surface area contributed by atoms with E-state index in [1.165, 1.54) is 0 Å². The number of aryl methyl sites for hydroxylation is 1. The lowest BCUT2D eigenvalue weighted by Crippen LogP contribution is -2.18. The van der Waals surface area contributed by atoms with Crippen LogP contribution >= 0.6 is 0 Å². The molecule has 1 unspecified atom stereocenters. The molecule has 0 spiro atoms. The van der Waals surface area contributed by atoms with Crippen LogP contribution in [0.25, 0.3) is 11.0 Å². The van der Waals surface area contributed by atoms with Crippen molar-refractivity contribution >= 4 is 11.0 Å². The number of rotatable bonds is 4. The maximum atomic E-state index is 6.14. The van der Waals surface area contributed by atoms with Crippen LogP contribution in [0.2, 0.25) is 0 Å². The Bertz CT molecular complexity index is 685. The molecule has 2 aromatic carbocycles. The molecule has 102 valence electrons. The Balaban J connectivity index is 1.73. The Kier molecular flexibility index (Phi) is 3.44. The highest BCUT2D eigenvalue weighted by atomic mass is 16.5. The summed E-state index contributed by atoms with van der Waals surface area (Å²) in [5.41, 5.74) is 8.09. The van der Waals surface area contributed by atoms with E-state index in [1.807, 2.05) is 61.5 Å². The Morgan fingerprint density at radius 2 is 1.85 bits per heavy atom. The first-order valence-electron chi connectivity index (χ1n) is 6.66. The van der Waals surface area contributed by atoms with Crippen LogP contribution in [0.4, 0.5) is 0 Å². The van der Waals surface area contributed by atoms with Crippen LogP contribution in [-0.2, 0) is 0 Å². The molecule has 0 aliphatic heterocycles. The summed E-state index contributed by atoms with van der Waals surface area (Å²) in [6, 6.07) is 17.5. The number of fused-ring (bicyclic) bond motifs is 1. The molecular weight excluding hydrogens is 250 g/mol. The molecule has 1 atom stereocenters. The fraction of sp³-hybridized carbons (Fsp3) is 0.176. The summed E-state index contributed by atoms with van der Waals surface area (Å²) < 4.78 is 11.5. The second-order valence-corrected chi connectivity index (χ2v) is 4.87. The molecule has 0 amide bonds. The normalized spacial score (nSPS) is 12.5. The summed E-state index contributed by atoms with van der Waals surface area (Å²) in [6.45, 7) is 2.41. The predicted molar refractivity (Wildman–Crippen MR) is 79.8 cm³/mol. The maximum Gasteiger partial charge on any atom is 0.134 e. The fourth-order valence-electron chi connectivity index (χ4n) is 2.17. The minimum Gasteiger partial charge on any atom is -0.491 e. The van der Waals surface area contributed by atoms with Crippen molar-refractivity contribution in [1.82, 2.24) is 0 Å². The van der Waals surface area contributed by atoms with Gasteiger partial charge < -0.3 is 14.9 Å². The van der Waals surface area contributed by atoms with E-state index in [0.717, 1.165) is 28.0 Å². The zero-order chi connectivity index (χ0) is 13.9. The molecule has 0 saturated carbocycles. The molecule has 2 N–H and O–H groups in total. The van der Waals surface area contributed by atoms with E-state index in [-0.39, 0.29) is 6.04 Å². The van der Waals surface area contributed by atoms with Crippen molar-refractivity contribution < 1.29 is 9.15 Å². The topological polar surface area (TPSA) is 48.4 Å². The third-order valence-corrected chi connectivity index (χ3v) is 3.32. The van der Waals surface area contributed by atoms with Crippen molar-refractivity contribution in [2.75, 3.05) is 6.61 Å². The highest BCUT2D eigenvalue weighted by molar-refractivity contribution is 5.77. The summed E-state index contributed by atoms with van der Waals surface area (Å²) in [5, 5.41) is 1.06. The quantitative estimate of drug-likeness (QED) is 0.781. The molecule has 0 bridgehead atoms. The van der Waals surface area contributed by atoms with Gasteiger partial charge in [-0.2, -0.15) is 0 Å². The average Bonchev–Trinajstić information content (AvgIpc) is 2.90. The van der Waals surface area contributed by atoms with Crippen LogP contribution in [0.5, 0.6) is 5.75 Å². The van der Waals surface area contributed by atoms with Gasteiger partial charge in [-0.05, 0) is 30.7 Å². The Morgan fingerprint density at radius 3 is 2.65 bits per heavy atom. The zero-order valence-electron chi connectivity index (χ0n) is 11.4. The lowest BCUT2D eigenvalue weighted by Gasteiger charge is -2.12. The standard InChI is InChI=1S/C17H17NO2/c1-12-6-2-4-8-15(12)19-11-14(18)17-10-13-7-3-5-9-16(13)20-17/h2-10,14H,11,18H2,1H3. The minimum atomic E-state index is -0.276. The molecule has 3 rings (SSSR count). The molecule has 0 aliphatic rings. The number of hydrogen-bond donors (Lipinski definition) is 1. The van der Waals surface area contributed by atoms with Gasteiger partial charge in [-0.3, -0.25) is 0 Å². The van der Waals surface area contributed by atoms with Gasteiger partial charge in [0.15, 0.2) is 0 Å². The molecule has 1 aromatic heterocycles. The van der Waals surface area contributed by atoms with Gasteiger partial charge in [0, 0.05) is 5.39 Å². The molecule has 3 aromatic rings. The van der Waals surface area contributed by atoms with Crippen molar-refractivity contribution in [3.63, 3.8) is 0 Å². The number of hydrogen-bond acceptors (Lipinski definition) is 3. The molecule has 3 heteroatoms. The zero-order valence-corrected chi connectivity index (χ0v) is 11.4. The minimum absolute atomic E-state index is 0.276. The summed E-state index contributed by atoms with van der Waals surface area (Å²) in [7, 11) is 0. The molecule has 0 saturated heterocycles. The van der Waals surface area contributed by atoms with Gasteiger partial charge in [0.05, 0.1) is 6.04 Å². The smallest absolute Gasteiger partial charge is 0.134 e. The van der Waals surface area contributed by atoms with Gasteiger partial charge in [-0.25, -0.2) is 0 Å². The average molecular weight is 267 g/mol. The van der Waals surface area contributed by atoms with Gasteiger partial charge in [-0.15, -0.1) is 0 Å². The van der Waals surface area contributed by atoms with Crippen LogP contribution in [0.1, 0.15) is 17.4 Å². The monoisotopic (exact) mass is 267 g/mol. The van der Waals surface area contributed by atoms with E-state index < -0.39 is 0 Å². The summed E-state index contributed by atoms with van der Waals surface area (Å²) in [5.74, 6) is 1.61. The van der Waals surface area contributed by atoms with E-state index in [0.29, 0.717) is 6.61 Å². The van der Waals surface area contributed by atoms with Crippen LogP contribution < -0.4 is 10.5 Å². The molecule has 20 heavy (non-hydrogen) atoms. The van der Waals surface area contributed by atoms with E-state index in [1.54, 1.807) is 0 Å². The third-order valence-electron chi connectivity index (χ3n) is 3.32. The maximum absolute atomic E-state index is 6.14. The lowest BCUT2D eigenvalue weighted by atomic mass is 10.2. The first-order valence-corrected chi connectivity index (χ1v) is 6.66. The number of furan rings is 1. The Labute approximate surface area is 118 Å². The number of para-hydroxylation sites is 2. The number of nitrogens with two attached hydrogens (primary N) is 1. The SMILES string of the molecule is Cc1ccccc1OCC(N)c1cc2ccccc2o1. The van der Waals surface area contributed by atoms with E-state index in [4.69, 9.17) is 14.9 Å². The molecule has 0 fully saturated rings. The molecule has 0 aliphatic carbocycles. The van der Waals surface area contributed by atoms with Crippen LogP contribution in [0, 0.1) is 6.92 Å². The lowest BCUT2D eigenvalue weighted by molar-refractivity contribution is 0.273. The molecule has 1 heterocycles. The first-order chi connectivity index (χ1) is 9.74. The van der Waals surface area contributed by atoms with E-state index >= 15 is 0 Å². The first kappa shape index (κ1) is 12.8. The van der Waals surface area contributed by atoms with Crippen molar-refractivity contribution in [1.29, 1.82) is 0 Å². The highest BCUT2D eigenvalue weighted by Gasteiger charge is 2.13. The number of benzene rings is 2. The third kappa shape index (κ3) is 2.53. The molecular formula is C17H17NO2. The van der Waals surface area contributed by atoms with Crippen LogP contribution in [0.15, 0.2) is 59.0 Å². The van der Waals surface area contributed by atoms with Gasteiger partial charge in [0.2, 0.25) is 0 Å². The van der Waals surface area contributed by atoms with Crippen molar-refractivity contribution in [3.8, 4) is 5.75 Å². The summed E-state index contributed by atoms with van der Waals surface area (Å²) >= 11 is 0. The summed E-state index contributed by atoms with van der Waals surface area (Å²) in [4.78, 5) is 0.